The summed E-state index contributed by atoms with van der Waals surface area (Å²) in [6, 6.07) is 15.4. The number of nitrogens with one attached hydrogen (secondary N) is 4. The monoisotopic (exact) mass is 373 g/mol. The minimum Gasteiger partial charge on any atom is -0.361 e. The molecule has 3 aromatic rings. The molecule has 28 heavy (non-hydrogen) atoms. The Hall–Kier alpha value is -3.72. The van der Waals surface area contributed by atoms with Crippen LogP contribution in [0.15, 0.2) is 59.7 Å². The highest BCUT2D eigenvalue weighted by Gasteiger charge is 2.06. The second-order valence-electron chi connectivity index (χ2n) is 6.24. The minimum absolute atomic E-state index is 0.104. The topological polar surface area (TPSA) is 81.3 Å². The summed E-state index contributed by atoms with van der Waals surface area (Å²) in [5, 5.41) is 10.3. The molecule has 0 fully saturated rings. The number of aliphatic imine (C=N–C) groups is 1. The van der Waals surface area contributed by atoms with Crippen molar-refractivity contribution in [3.05, 3.63) is 65.9 Å². The number of aromatic amines is 1. The summed E-state index contributed by atoms with van der Waals surface area (Å²) >= 11 is 0. The van der Waals surface area contributed by atoms with E-state index in [1.54, 1.807) is 19.2 Å². The number of amides is 1. The van der Waals surface area contributed by atoms with Crippen molar-refractivity contribution in [2.45, 2.75) is 6.42 Å². The average molecular weight is 373 g/mol. The van der Waals surface area contributed by atoms with Crippen molar-refractivity contribution in [3.63, 3.8) is 0 Å². The number of fused-ring (bicyclic) bond motifs is 1. The van der Waals surface area contributed by atoms with Gasteiger partial charge in [0.25, 0.3) is 0 Å². The average Bonchev–Trinajstić information content (AvgIpc) is 3.14. The minimum atomic E-state index is -0.172. The van der Waals surface area contributed by atoms with Gasteiger partial charge in [-0.2, -0.15) is 0 Å². The van der Waals surface area contributed by atoms with Gasteiger partial charge in [0.2, 0.25) is 5.91 Å². The van der Waals surface area contributed by atoms with Crippen molar-refractivity contribution in [1.82, 2.24) is 15.6 Å². The quantitative estimate of drug-likeness (QED) is 0.304. The van der Waals surface area contributed by atoms with E-state index in [2.05, 4.69) is 44.0 Å². The highest BCUT2D eigenvalue weighted by molar-refractivity contribution is 5.95. The van der Waals surface area contributed by atoms with Gasteiger partial charge in [-0.25, -0.2) is 0 Å². The molecular formula is C22H23N5O. The van der Waals surface area contributed by atoms with E-state index in [1.807, 2.05) is 30.5 Å². The highest BCUT2D eigenvalue weighted by atomic mass is 16.1. The zero-order chi connectivity index (χ0) is 19.8. The molecule has 0 saturated carbocycles. The smallest absolute Gasteiger partial charge is 0.243 e. The number of carbonyl (C=O) groups is 1. The molecule has 6 nitrogen and oxygen atoms in total. The number of carbonyl (C=O) groups excluding carboxylic acids is 1. The van der Waals surface area contributed by atoms with Crippen LogP contribution in [-0.2, 0) is 11.2 Å². The lowest BCUT2D eigenvalue weighted by atomic mass is 10.1. The molecule has 2 aromatic carbocycles. The Balaban J connectivity index is 1.45. The summed E-state index contributed by atoms with van der Waals surface area (Å²) in [5.41, 5.74) is 3.76. The van der Waals surface area contributed by atoms with Crippen LogP contribution in [0.2, 0.25) is 0 Å². The van der Waals surface area contributed by atoms with Crippen LogP contribution in [0.3, 0.4) is 0 Å². The number of H-pyrrole nitrogens is 1. The Labute approximate surface area is 164 Å². The second kappa shape index (κ2) is 9.28. The number of hydrogen-bond donors (Lipinski definition) is 4. The van der Waals surface area contributed by atoms with Crippen molar-refractivity contribution in [2.24, 2.45) is 4.99 Å². The third-order valence-electron chi connectivity index (χ3n) is 4.31. The van der Waals surface area contributed by atoms with E-state index in [0.717, 1.165) is 17.5 Å². The molecule has 6 heteroatoms. The van der Waals surface area contributed by atoms with Gasteiger partial charge < -0.3 is 20.9 Å². The first-order valence-corrected chi connectivity index (χ1v) is 9.05. The van der Waals surface area contributed by atoms with E-state index in [1.165, 1.54) is 10.9 Å². The maximum atomic E-state index is 12.1. The van der Waals surface area contributed by atoms with Crippen LogP contribution in [0.1, 0.15) is 11.1 Å². The number of anilines is 1. The van der Waals surface area contributed by atoms with Crippen molar-refractivity contribution in [2.75, 3.05) is 25.5 Å². The lowest BCUT2D eigenvalue weighted by Crippen LogP contribution is -2.42. The molecule has 142 valence electrons. The molecule has 0 saturated heterocycles. The second-order valence-corrected chi connectivity index (χ2v) is 6.24. The van der Waals surface area contributed by atoms with E-state index in [0.29, 0.717) is 18.2 Å². The highest BCUT2D eigenvalue weighted by Crippen LogP contribution is 2.17. The van der Waals surface area contributed by atoms with E-state index in [-0.39, 0.29) is 12.5 Å². The zero-order valence-corrected chi connectivity index (χ0v) is 15.8. The van der Waals surface area contributed by atoms with Crippen molar-refractivity contribution in [3.8, 4) is 12.3 Å². The molecule has 4 N–H and O–H groups in total. The van der Waals surface area contributed by atoms with Gasteiger partial charge in [0, 0.05) is 41.9 Å². The van der Waals surface area contributed by atoms with Gasteiger partial charge in [0.1, 0.15) is 0 Å². The number of aromatic nitrogens is 1. The maximum Gasteiger partial charge on any atom is 0.243 e. The first kappa shape index (κ1) is 19.1. The molecule has 0 spiro atoms. The normalized spacial score (nSPS) is 11.1. The van der Waals surface area contributed by atoms with Crippen LogP contribution in [0.4, 0.5) is 5.69 Å². The summed E-state index contributed by atoms with van der Waals surface area (Å²) in [4.78, 5) is 19.6. The Morgan fingerprint density at radius 2 is 2.04 bits per heavy atom. The third-order valence-corrected chi connectivity index (χ3v) is 4.31. The number of para-hydroxylation sites is 1. The van der Waals surface area contributed by atoms with Crippen molar-refractivity contribution >= 4 is 28.5 Å². The van der Waals surface area contributed by atoms with Gasteiger partial charge in [0.15, 0.2) is 5.96 Å². The molecule has 0 aliphatic rings. The molecule has 0 unspecified atom stereocenters. The number of rotatable bonds is 6. The SMILES string of the molecule is C#Cc1cccc(NC(=O)CNC(=NC)NCCc2c[nH]c3ccccc23)c1. The Bertz CT molecular complexity index is 1030. The van der Waals surface area contributed by atoms with Crippen LogP contribution in [-0.4, -0.2) is 37.0 Å². The number of terminal acetylenes is 1. The van der Waals surface area contributed by atoms with Gasteiger partial charge in [-0.15, -0.1) is 6.42 Å². The predicted octanol–water partition coefficient (Wildman–Crippen LogP) is 2.50. The molecule has 3 rings (SSSR count). The van der Waals surface area contributed by atoms with Crippen molar-refractivity contribution < 1.29 is 4.79 Å². The van der Waals surface area contributed by atoms with Crippen LogP contribution in [0.25, 0.3) is 10.9 Å². The van der Waals surface area contributed by atoms with Gasteiger partial charge in [-0.3, -0.25) is 9.79 Å². The van der Waals surface area contributed by atoms with Gasteiger partial charge in [-0.1, -0.05) is 30.2 Å². The molecule has 0 radical (unpaired) electrons. The van der Waals surface area contributed by atoms with Crippen molar-refractivity contribution in [1.29, 1.82) is 0 Å². The molecule has 0 atom stereocenters. The van der Waals surface area contributed by atoms with Gasteiger partial charge in [0.05, 0.1) is 6.54 Å². The fourth-order valence-corrected chi connectivity index (χ4v) is 2.93. The zero-order valence-electron chi connectivity index (χ0n) is 15.8. The Kier molecular flexibility index (Phi) is 6.32. The summed E-state index contributed by atoms with van der Waals surface area (Å²) in [6.45, 7) is 0.806. The number of hydrogen-bond acceptors (Lipinski definition) is 2. The summed E-state index contributed by atoms with van der Waals surface area (Å²) in [6.07, 6.45) is 8.25. The first-order valence-electron chi connectivity index (χ1n) is 9.05. The van der Waals surface area contributed by atoms with E-state index in [4.69, 9.17) is 6.42 Å². The molecule has 0 aliphatic heterocycles. The largest absolute Gasteiger partial charge is 0.361 e. The fourth-order valence-electron chi connectivity index (χ4n) is 2.93. The Morgan fingerprint density at radius 3 is 2.86 bits per heavy atom. The standard InChI is InChI=1S/C22H23N5O/c1-3-16-7-6-8-18(13-16)27-21(28)15-26-22(23-2)24-12-11-17-14-25-20-10-5-4-9-19(17)20/h1,4-10,13-14,25H,11-12,15H2,2H3,(H,27,28)(H2,23,24,26). The summed E-state index contributed by atoms with van der Waals surface area (Å²) in [7, 11) is 1.68. The van der Waals surface area contributed by atoms with Crippen LogP contribution >= 0.6 is 0 Å². The van der Waals surface area contributed by atoms with Crippen LogP contribution in [0, 0.1) is 12.3 Å². The third kappa shape index (κ3) is 4.92. The number of nitrogens with zero attached hydrogens (tertiary/aromatic N) is 1. The van der Waals surface area contributed by atoms with E-state index < -0.39 is 0 Å². The number of benzene rings is 2. The molecule has 1 aromatic heterocycles. The number of guanidine groups is 1. The maximum absolute atomic E-state index is 12.1. The molecular weight excluding hydrogens is 350 g/mol. The van der Waals surface area contributed by atoms with Crippen LogP contribution < -0.4 is 16.0 Å². The molecule has 0 aliphatic carbocycles. The lowest BCUT2D eigenvalue weighted by molar-refractivity contribution is -0.115. The van der Waals surface area contributed by atoms with Gasteiger partial charge in [-0.05, 0) is 36.2 Å². The van der Waals surface area contributed by atoms with Crippen LogP contribution in [0.5, 0.6) is 0 Å². The van der Waals surface area contributed by atoms with Gasteiger partial charge >= 0.3 is 0 Å². The first-order chi connectivity index (χ1) is 13.7. The fraction of sp³-hybridized carbons (Fsp3) is 0.182. The molecule has 1 heterocycles. The predicted molar refractivity (Wildman–Crippen MR) is 114 cm³/mol. The molecule has 1 amide bonds. The summed E-state index contributed by atoms with van der Waals surface area (Å²) < 4.78 is 0. The summed E-state index contributed by atoms with van der Waals surface area (Å²) in [5.74, 6) is 2.95. The Morgan fingerprint density at radius 1 is 1.18 bits per heavy atom. The molecule has 0 bridgehead atoms. The van der Waals surface area contributed by atoms with E-state index in [9.17, 15) is 4.79 Å². The lowest BCUT2D eigenvalue weighted by Gasteiger charge is -2.12. The van der Waals surface area contributed by atoms with E-state index >= 15 is 0 Å².